The zero-order valence-electron chi connectivity index (χ0n) is 19.5. The number of alkyl carbamates (subject to hydrolysis) is 1. The van der Waals surface area contributed by atoms with Crippen LogP contribution in [0.15, 0.2) is 48.5 Å². The normalized spacial score (nSPS) is 20.0. The molecule has 1 saturated carbocycles. The van der Waals surface area contributed by atoms with E-state index in [-0.39, 0.29) is 31.0 Å². The number of fused-ring (bicyclic) bond motifs is 3. The third-order valence-corrected chi connectivity index (χ3v) is 7.07. The molecule has 0 heterocycles. The highest BCUT2D eigenvalue weighted by Crippen LogP contribution is 2.44. The number of carbonyl (C=O) groups excluding carboxylic acids is 2. The maximum atomic E-state index is 12.7. The summed E-state index contributed by atoms with van der Waals surface area (Å²) < 4.78 is 5.56. The molecule has 0 saturated heterocycles. The quantitative estimate of drug-likeness (QED) is 0.540. The lowest BCUT2D eigenvalue weighted by Gasteiger charge is -2.28. The van der Waals surface area contributed by atoms with Crippen LogP contribution in [0.2, 0.25) is 0 Å². The van der Waals surface area contributed by atoms with E-state index in [0.29, 0.717) is 19.3 Å². The Morgan fingerprint density at radius 1 is 1.03 bits per heavy atom. The summed E-state index contributed by atoms with van der Waals surface area (Å²) in [6.45, 7) is 2.29. The topological polar surface area (TPSA) is 105 Å². The van der Waals surface area contributed by atoms with Crippen LogP contribution in [0.5, 0.6) is 0 Å². The molecule has 3 atom stereocenters. The number of aliphatic carboxylic acids is 1. The highest BCUT2D eigenvalue weighted by Gasteiger charge is 2.31. The number of carboxylic acid groups (broad SMARTS) is 1. The minimum Gasteiger partial charge on any atom is -0.481 e. The van der Waals surface area contributed by atoms with Crippen LogP contribution in [0.3, 0.4) is 0 Å². The van der Waals surface area contributed by atoms with Gasteiger partial charge in [-0.3, -0.25) is 9.59 Å². The lowest BCUT2D eigenvalue weighted by Crippen LogP contribution is -2.45. The van der Waals surface area contributed by atoms with Gasteiger partial charge in [0.1, 0.15) is 6.61 Å². The van der Waals surface area contributed by atoms with Crippen LogP contribution in [0.1, 0.15) is 56.1 Å². The number of benzene rings is 2. The smallest absolute Gasteiger partial charge is 0.407 e. The monoisotopic (exact) mass is 464 g/mol. The van der Waals surface area contributed by atoms with E-state index in [1.54, 1.807) is 0 Å². The molecular weight excluding hydrogens is 432 g/mol. The molecule has 2 aromatic rings. The van der Waals surface area contributed by atoms with E-state index < -0.39 is 23.9 Å². The molecule has 2 amide bonds. The van der Waals surface area contributed by atoms with Gasteiger partial charge in [0.25, 0.3) is 0 Å². The SMILES string of the molecule is CCC(CNC(=O)OCC1c2ccccc2-c2ccccc21)C(=O)N[C@H]1CCC[C@@H](C(=O)O)C1. The molecule has 0 aromatic heterocycles. The summed E-state index contributed by atoms with van der Waals surface area (Å²) in [5.41, 5.74) is 4.63. The van der Waals surface area contributed by atoms with Crippen molar-refractivity contribution in [3.63, 3.8) is 0 Å². The summed E-state index contributed by atoms with van der Waals surface area (Å²) in [5.74, 6) is -1.78. The van der Waals surface area contributed by atoms with Crippen molar-refractivity contribution >= 4 is 18.0 Å². The molecule has 2 aliphatic carbocycles. The van der Waals surface area contributed by atoms with Crippen molar-refractivity contribution in [3.05, 3.63) is 59.7 Å². The van der Waals surface area contributed by atoms with Gasteiger partial charge < -0.3 is 20.5 Å². The number of rotatable bonds is 8. The average molecular weight is 465 g/mol. The summed E-state index contributed by atoms with van der Waals surface area (Å²) in [4.78, 5) is 36.4. The van der Waals surface area contributed by atoms with Gasteiger partial charge in [0, 0.05) is 18.5 Å². The largest absolute Gasteiger partial charge is 0.481 e. The van der Waals surface area contributed by atoms with E-state index in [1.165, 1.54) is 11.1 Å². The fourth-order valence-electron chi connectivity index (χ4n) is 5.14. The summed E-state index contributed by atoms with van der Waals surface area (Å²) in [6, 6.07) is 16.2. The fourth-order valence-corrected chi connectivity index (χ4v) is 5.14. The van der Waals surface area contributed by atoms with Gasteiger partial charge >= 0.3 is 12.1 Å². The van der Waals surface area contributed by atoms with Crippen molar-refractivity contribution in [1.29, 1.82) is 0 Å². The van der Waals surface area contributed by atoms with Crippen molar-refractivity contribution in [3.8, 4) is 11.1 Å². The van der Waals surface area contributed by atoms with E-state index in [2.05, 4.69) is 34.9 Å². The second kappa shape index (κ2) is 10.7. The first kappa shape index (κ1) is 23.8. The second-order valence-corrected chi connectivity index (χ2v) is 9.22. The van der Waals surface area contributed by atoms with Crippen LogP contribution >= 0.6 is 0 Å². The van der Waals surface area contributed by atoms with Gasteiger partial charge in [-0.15, -0.1) is 0 Å². The zero-order valence-corrected chi connectivity index (χ0v) is 19.5. The maximum Gasteiger partial charge on any atom is 0.407 e. The molecule has 2 aliphatic rings. The molecule has 1 unspecified atom stereocenters. The molecule has 0 radical (unpaired) electrons. The molecule has 180 valence electrons. The van der Waals surface area contributed by atoms with E-state index in [4.69, 9.17) is 4.74 Å². The maximum absolute atomic E-state index is 12.7. The molecule has 7 nitrogen and oxygen atoms in total. The van der Waals surface area contributed by atoms with Crippen LogP contribution in [0.4, 0.5) is 4.79 Å². The summed E-state index contributed by atoms with van der Waals surface area (Å²) >= 11 is 0. The molecule has 4 rings (SSSR count). The van der Waals surface area contributed by atoms with Crippen molar-refractivity contribution in [2.45, 2.75) is 51.0 Å². The van der Waals surface area contributed by atoms with Gasteiger partial charge in [-0.25, -0.2) is 4.79 Å². The lowest BCUT2D eigenvalue weighted by molar-refractivity contribution is -0.143. The van der Waals surface area contributed by atoms with E-state index in [0.717, 1.165) is 24.0 Å². The summed E-state index contributed by atoms with van der Waals surface area (Å²) in [6.07, 6.45) is 2.70. The Kier molecular flexibility index (Phi) is 7.50. The molecule has 34 heavy (non-hydrogen) atoms. The van der Waals surface area contributed by atoms with Gasteiger partial charge in [-0.2, -0.15) is 0 Å². The van der Waals surface area contributed by atoms with Gasteiger partial charge in [0.05, 0.1) is 11.8 Å². The number of ether oxygens (including phenoxy) is 1. The standard InChI is InChI=1S/C27H32N2O5/c1-2-17(25(30)29-19-9-7-8-18(14-19)26(31)32)15-28-27(33)34-16-24-22-12-5-3-10-20(22)21-11-4-6-13-23(21)24/h3-6,10-13,17-19,24H,2,7-9,14-16H2,1H3,(H,28,33)(H,29,30)(H,31,32)/t17?,18-,19+/m1/s1. The molecular formula is C27H32N2O5. The van der Waals surface area contributed by atoms with Crippen molar-refractivity contribution < 1.29 is 24.2 Å². The first-order valence-electron chi connectivity index (χ1n) is 12.1. The number of carbonyl (C=O) groups is 3. The minimum atomic E-state index is -0.803. The Morgan fingerprint density at radius 3 is 2.29 bits per heavy atom. The second-order valence-electron chi connectivity index (χ2n) is 9.22. The minimum absolute atomic E-state index is 0.0168. The Bertz CT molecular complexity index is 1010. The summed E-state index contributed by atoms with van der Waals surface area (Å²) in [7, 11) is 0. The van der Waals surface area contributed by atoms with Gasteiger partial charge in [0.15, 0.2) is 0 Å². The number of carboxylic acids is 1. The lowest BCUT2D eigenvalue weighted by atomic mass is 9.85. The Labute approximate surface area is 199 Å². The third kappa shape index (κ3) is 5.24. The summed E-state index contributed by atoms with van der Waals surface area (Å²) in [5, 5.41) is 15.0. The van der Waals surface area contributed by atoms with E-state index in [1.807, 2.05) is 31.2 Å². The average Bonchev–Trinajstić information content (AvgIpc) is 3.17. The number of nitrogens with one attached hydrogen (secondary N) is 2. The third-order valence-electron chi connectivity index (χ3n) is 7.07. The molecule has 1 fully saturated rings. The van der Waals surface area contributed by atoms with Crippen LogP contribution in [0, 0.1) is 11.8 Å². The first-order valence-corrected chi connectivity index (χ1v) is 12.1. The van der Waals surface area contributed by atoms with Crippen LogP contribution in [-0.4, -0.2) is 42.3 Å². The number of hydrogen-bond donors (Lipinski definition) is 3. The number of amides is 2. The predicted octanol–water partition coefficient (Wildman–Crippen LogP) is 4.31. The molecule has 0 spiro atoms. The molecule has 0 bridgehead atoms. The Balaban J connectivity index is 1.28. The van der Waals surface area contributed by atoms with Gasteiger partial charge in [-0.05, 0) is 47.9 Å². The van der Waals surface area contributed by atoms with Gasteiger partial charge in [-0.1, -0.05) is 61.9 Å². The Morgan fingerprint density at radius 2 is 1.68 bits per heavy atom. The predicted molar refractivity (Wildman–Crippen MR) is 128 cm³/mol. The van der Waals surface area contributed by atoms with Crippen molar-refractivity contribution in [1.82, 2.24) is 10.6 Å². The van der Waals surface area contributed by atoms with Crippen molar-refractivity contribution in [2.75, 3.05) is 13.2 Å². The van der Waals surface area contributed by atoms with E-state index >= 15 is 0 Å². The molecule has 2 aromatic carbocycles. The molecule has 3 N–H and O–H groups in total. The highest BCUT2D eigenvalue weighted by molar-refractivity contribution is 5.81. The number of hydrogen-bond acceptors (Lipinski definition) is 4. The molecule has 7 heteroatoms. The molecule has 0 aliphatic heterocycles. The Hall–Kier alpha value is -3.35. The van der Waals surface area contributed by atoms with E-state index in [9.17, 15) is 19.5 Å². The van der Waals surface area contributed by atoms with Crippen LogP contribution < -0.4 is 10.6 Å². The van der Waals surface area contributed by atoms with Crippen LogP contribution in [0.25, 0.3) is 11.1 Å². The highest BCUT2D eigenvalue weighted by atomic mass is 16.5. The first-order chi connectivity index (χ1) is 16.5. The fraction of sp³-hybridized carbons (Fsp3) is 0.444. The van der Waals surface area contributed by atoms with Gasteiger partial charge in [0.2, 0.25) is 5.91 Å². The zero-order chi connectivity index (χ0) is 24.1. The van der Waals surface area contributed by atoms with Crippen molar-refractivity contribution in [2.24, 2.45) is 11.8 Å². The van der Waals surface area contributed by atoms with Crippen LogP contribution in [-0.2, 0) is 14.3 Å².